The van der Waals surface area contributed by atoms with Crippen molar-refractivity contribution in [3.8, 4) is 6.07 Å². The molecule has 0 amide bonds. The van der Waals surface area contributed by atoms with E-state index in [1.807, 2.05) is 13.1 Å². The lowest BCUT2D eigenvalue weighted by molar-refractivity contribution is 0.380. The molecule has 0 unspecified atom stereocenters. The highest BCUT2D eigenvalue weighted by Crippen LogP contribution is 2.18. The number of pyridine rings is 1. The molecule has 2 rings (SSSR count). The Morgan fingerprint density at radius 1 is 1.65 bits per heavy atom. The van der Waals surface area contributed by atoms with Crippen LogP contribution in [0.15, 0.2) is 18.3 Å². The first kappa shape index (κ1) is 11.9. The molecule has 0 aliphatic carbocycles. The van der Waals surface area contributed by atoms with Gasteiger partial charge in [-0.1, -0.05) is 0 Å². The monoisotopic (exact) mass is 230 g/mol. The van der Waals surface area contributed by atoms with Gasteiger partial charge < -0.3 is 10.2 Å². The third-order valence-corrected chi connectivity index (χ3v) is 3.20. The normalized spacial score (nSPS) is 19.6. The lowest BCUT2D eigenvalue weighted by Crippen LogP contribution is -2.37. The maximum atomic E-state index is 9.04. The summed E-state index contributed by atoms with van der Waals surface area (Å²) in [6.07, 6.45) is 4.24. The zero-order valence-corrected chi connectivity index (χ0v) is 10.2. The van der Waals surface area contributed by atoms with Gasteiger partial charge >= 0.3 is 0 Å². The number of nitrogens with zero attached hydrogens (tertiary/aromatic N) is 3. The van der Waals surface area contributed by atoms with Crippen LogP contribution in [0, 0.1) is 17.2 Å². The zero-order valence-electron chi connectivity index (χ0n) is 10.2. The number of piperidine rings is 1. The number of aromatic nitrogens is 1. The van der Waals surface area contributed by atoms with Crippen molar-refractivity contribution < 1.29 is 0 Å². The molecule has 4 heteroatoms. The van der Waals surface area contributed by atoms with Crippen LogP contribution in [-0.4, -0.2) is 31.7 Å². The highest BCUT2D eigenvalue weighted by molar-refractivity contribution is 5.52. The summed E-state index contributed by atoms with van der Waals surface area (Å²) >= 11 is 0. The maximum Gasteiger partial charge on any atom is 0.146 e. The average Bonchev–Trinajstić information content (AvgIpc) is 2.40. The molecule has 90 valence electrons. The van der Waals surface area contributed by atoms with E-state index in [-0.39, 0.29) is 0 Å². The Morgan fingerprint density at radius 3 is 3.24 bits per heavy atom. The van der Waals surface area contributed by atoms with E-state index in [2.05, 4.69) is 21.3 Å². The molecule has 0 bridgehead atoms. The molecule has 1 atom stereocenters. The Bertz CT molecular complexity index is 404. The fraction of sp³-hybridized carbons (Fsp3) is 0.538. The Morgan fingerprint density at radius 2 is 2.53 bits per heavy atom. The van der Waals surface area contributed by atoms with Crippen LogP contribution in [0.4, 0.5) is 5.82 Å². The fourth-order valence-corrected chi connectivity index (χ4v) is 2.34. The molecule has 2 heterocycles. The van der Waals surface area contributed by atoms with E-state index in [4.69, 9.17) is 5.26 Å². The van der Waals surface area contributed by atoms with Gasteiger partial charge in [-0.15, -0.1) is 0 Å². The van der Waals surface area contributed by atoms with Crippen molar-refractivity contribution in [3.05, 3.63) is 23.9 Å². The molecule has 0 radical (unpaired) electrons. The molecule has 1 N–H and O–H groups in total. The van der Waals surface area contributed by atoms with Crippen LogP contribution < -0.4 is 10.2 Å². The maximum absolute atomic E-state index is 9.04. The third kappa shape index (κ3) is 2.95. The first-order valence-corrected chi connectivity index (χ1v) is 6.08. The molecule has 1 fully saturated rings. The van der Waals surface area contributed by atoms with E-state index in [1.54, 1.807) is 12.3 Å². The minimum absolute atomic E-state index is 0.652. The van der Waals surface area contributed by atoms with E-state index < -0.39 is 0 Å². The molecular formula is C13H18N4. The largest absolute Gasteiger partial charge is 0.358 e. The van der Waals surface area contributed by atoms with Crippen molar-refractivity contribution in [2.75, 3.05) is 31.6 Å². The van der Waals surface area contributed by atoms with Crippen LogP contribution in [0.25, 0.3) is 0 Å². The summed E-state index contributed by atoms with van der Waals surface area (Å²) in [5.74, 6) is 1.45. The fourth-order valence-electron chi connectivity index (χ4n) is 2.34. The average molecular weight is 230 g/mol. The predicted molar refractivity (Wildman–Crippen MR) is 67.8 cm³/mol. The van der Waals surface area contributed by atoms with Gasteiger partial charge in [-0.05, 0) is 44.0 Å². The van der Waals surface area contributed by atoms with Gasteiger partial charge in [-0.25, -0.2) is 4.98 Å². The van der Waals surface area contributed by atoms with Gasteiger partial charge in [0.25, 0.3) is 0 Å². The van der Waals surface area contributed by atoms with Crippen LogP contribution in [0.5, 0.6) is 0 Å². The van der Waals surface area contributed by atoms with Gasteiger partial charge in [0.2, 0.25) is 0 Å². The Hall–Kier alpha value is -1.60. The molecule has 1 aliphatic rings. The van der Waals surface area contributed by atoms with Crippen molar-refractivity contribution in [3.63, 3.8) is 0 Å². The lowest BCUT2D eigenvalue weighted by atomic mass is 9.99. The van der Waals surface area contributed by atoms with Gasteiger partial charge in [-0.2, -0.15) is 5.26 Å². The summed E-state index contributed by atoms with van der Waals surface area (Å²) in [6.45, 7) is 3.16. The Balaban J connectivity index is 2.03. The zero-order chi connectivity index (χ0) is 12.1. The summed E-state index contributed by atoms with van der Waals surface area (Å²) < 4.78 is 0. The summed E-state index contributed by atoms with van der Waals surface area (Å²) in [4.78, 5) is 6.39. The van der Waals surface area contributed by atoms with Crippen LogP contribution in [0.3, 0.4) is 0 Å². The molecular weight excluding hydrogens is 212 g/mol. The molecule has 1 aromatic heterocycles. The summed E-state index contributed by atoms with van der Waals surface area (Å²) in [6, 6.07) is 5.81. The number of nitriles is 1. The third-order valence-electron chi connectivity index (χ3n) is 3.20. The van der Waals surface area contributed by atoms with Crippen LogP contribution >= 0.6 is 0 Å². The van der Waals surface area contributed by atoms with Crippen molar-refractivity contribution in [2.45, 2.75) is 12.8 Å². The second-order valence-electron chi connectivity index (χ2n) is 4.58. The Kier molecular flexibility index (Phi) is 3.94. The molecule has 0 saturated carbocycles. The molecule has 1 saturated heterocycles. The highest BCUT2D eigenvalue weighted by Gasteiger charge is 2.17. The minimum Gasteiger partial charge on any atom is -0.358 e. The lowest BCUT2D eigenvalue weighted by Gasteiger charge is -2.28. The number of nitrogens with one attached hydrogen (secondary N) is 1. The predicted octanol–water partition coefficient (Wildman–Crippen LogP) is 1.39. The van der Waals surface area contributed by atoms with Crippen molar-refractivity contribution >= 4 is 5.82 Å². The van der Waals surface area contributed by atoms with Crippen molar-refractivity contribution in [1.29, 1.82) is 5.26 Å². The van der Waals surface area contributed by atoms with Crippen molar-refractivity contribution in [2.24, 2.45) is 5.92 Å². The molecule has 0 aromatic carbocycles. The number of hydrogen-bond acceptors (Lipinski definition) is 4. The minimum atomic E-state index is 0.652. The topological polar surface area (TPSA) is 52.0 Å². The van der Waals surface area contributed by atoms with Gasteiger partial charge in [0, 0.05) is 19.8 Å². The van der Waals surface area contributed by atoms with Crippen LogP contribution in [-0.2, 0) is 0 Å². The van der Waals surface area contributed by atoms with Gasteiger partial charge in [0.05, 0.1) is 5.56 Å². The summed E-state index contributed by atoms with van der Waals surface area (Å²) in [7, 11) is 2.01. The molecule has 1 aliphatic heterocycles. The number of hydrogen-bond donors (Lipinski definition) is 1. The van der Waals surface area contributed by atoms with Crippen molar-refractivity contribution in [1.82, 2.24) is 10.3 Å². The molecule has 0 spiro atoms. The first-order valence-electron chi connectivity index (χ1n) is 6.08. The smallest absolute Gasteiger partial charge is 0.146 e. The van der Waals surface area contributed by atoms with Gasteiger partial charge in [-0.3, -0.25) is 0 Å². The highest BCUT2D eigenvalue weighted by atomic mass is 15.2. The quantitative estimate of drug-likeness (QED) is 0.852. The van der Waals surface area contributed by atoms with Gasteiger partial charge in [0.15, 0.2) is 0 Å². The number of anilines is 1. The second kappa shape index (κ2) is 5.65. The van der Waals surface area contributed by atoms with E-state index in [9.17, 15) is 0 Å². The van der Waals surface area contributed by atoms with Crippen LogP contribution in [0.2, 0.25) is 0 Å². The molecule has 1 aromatic rings. The summed E-state index contributed by atoms with van der Waals surface area (Å²) in [5, 5.41) is 12.5. The van der Waals surface area contributed by atoms with Crippen LogP contribution in [0.1, 0.15) is 18.4 Å². The second-order valence-corrected chi connectivity index (χ2v) is 4.58. The van der Waals surface area contributed by atoms with E-state index in [0.29, 0.717) is 11.5 Å². The SMILES string of the molecule is CN(C[C@@H]1CCCNC1)c1ncccc1C#N. The van der Waals surface area contributed by atoms with E-state index >= 15 is 0 Å². The molecule has 4 nitrogen and oxygen atoms in total. The van der Waals surface area contributed by atoms with E-state index in [1.165, 1.54) is 12.8 Å². The standard InChI is InChI=1S/C13H18N4/c1-17(10-11-4-2-6-15-9-11)13-12(8-14)5-3-7-16-13/h3,5,7,11,15H,2,4,6,9-10H2,1H3/t11-/m1/s1. The molecule has 17 heavy (non-hydrogen) atoms. The number of rotatable bonds is 3. The first-order chi connectivity index (χ1) is 8.31. The van der Waals surface area contributed by atoms with E-state index in [0.717, 1.165) is 25.5 Å². The summed E-state index contributed by atoms with van der Waals surface area (Å²) in [5.41, 5.74) is 0.652. The van der Waals surface area contributed by atoms with Gasteiger partial charge in [0.1, 0.15) is 11.9 Å². The Labute approximate surface area is 102 Å².